The molecular weight excluding hydrogens is 212 g/mol. The Kier molecular flexibility index (Phi) is 4.18. The number of aromatic nitrogens is 2. The quantitative estimate of drug-likeness (QED) is 0.864. The Morgan fingerprint density at radius 2 is 2.18 bits per heavy atom. The van der Waals surface area contributed by atoms with Crippen LogP contribution in [0.2, 0.25) is 0 Å². The van der Waals surface area contributed by atoms with Crippen LogP contribution >= 0.6 is 0 Å². The topological polar surface area (TPSA) is 47.1 Å². The van der Waals surface area contributed by atoms with E-state index in [1.807, 2.05) is 6.20 Å². The summed E-state index contributed by atoms with van der Waals surface area (Å²) in [7, 11) is 0. The number of likely N-dealkylation sites (tertiary alicyclic amines) is 1. The minimum Gasteiger partial charge on any atom is -0.330 e. The van der Waals surface area contributed by atoms with Crippen LogP contribution in [0.25, 0.3) is 0 Å². The molecular formula is C13H24N4. The minimum atomic E-state index is 0.404. The van der Waals surface area contributed by atoms with Gasteiger partial charge in [0.15, 0.2) is 0 Å². The summed E-state index contributed by atoms with van der Waals surface area (Å²) in [6.45, 7) is 8.65. The van der Waals surface area contributed by atoms with E-state index in [4.69, 9.17) is 5.73 Å². The molecule has 0 spiro atoms. The molecule has 1 fully saturated rings. The van der Waals surface area contributed by atoms with E-state index in [2.05, 4.69) is 34.6 Å². The summed E-state index contributed by atoms with van der Waals surface area (Å²) in [6, 6.07) is 2.68. The van der Waals surface area contributed by atoms with Crippen molar-refractivity contribution >= 4 is 0 Å². The molecule has 1 aliphatic heterocycles. The van der Waals surface area contributed by atoms with Crippen molar-refractivity contribution in [2.75, 3.05) is 26.2 Å². The fourth-order valence-corrected chi connectivity index (χ4v) is 2.62. The van der Waals surface area contributed by atoms with Gasteiger partial charge in [-0.25, -0.2) is 0 Å². The number of rotatable bonds is 4. The zero-order valence-electron chi connectivity index (χ0n) is 11.0. The largest absolute Gasteiger partial charge is 0.330 e. The normalized spacial score (nSPS) is 20.6. The first-order valence-electron chi connectivity index (χ1n) is 6.72. The van der Waals surface area contributed by atoms with Crippen molar-refractivity contribution in [2.45, 2.75) is 38.6 Å². The van der Waals surface area contributed by atoms with Crippen molar-refractivity contribution in [1.82, 2.24) is 14.7 Å². The Hall–Kier alpha value is -0.870. The summed E-state index contributed by atoms with van der Waals surface area (Å²) < 4.78 is 2.21. The van der Waals surface area contributed by atoms with Crippen molar-refractivity contribution in [3.05, 3.63) is 18.0 Å². The Morgan fingerprint density at radius 1 is 1.47 bits per heavy atom. The van der Waals surface area contributed by atoms with Gasteiger partial charge < -0.3 is 10.6 Å². The van der Waals surface area contributed by atoms with Gasteiger partial charge in [0.2, 0.25) is 0 Å². The number of hydrogen-bond donors (Lipinski definition) is 1. The maximum atomic E-state index is 5.76. The summed E-state index contributed by atoms with van der Waals surface area (Å²) in [5, 5.41) is 4.50. The van der Waals surface area contributed by atoms with E-state index in [1.54, 1.807) is 0 Å². The highest BCUT2D eigenvalue weighted by Crippen LogP contribution is 2.25. The second-order valence-electron chi connectivity index (χ2n) is 5.00. The maximum Gasteiger partial charge on any atom is 0.0546 e. The van der Waals surface area contributed by atoms with Crippen LogP contribution in [0.5, 0.6) is 0 Å². The third kappa shape index (κ3) is 2.69. The van der Waals surface area contributed by atoms with Crippen LogP contribution in [0, 0.1) is 0 Å². The smallest absolute Gasteiger partial charge is 0.0546 e. The Labute approximate surface area is 104 Å². The molecule has 1 aromatic heterocycles. The second kappa shape index (κ2) is 5.65. The van der Waals surface area contributed by atoms with Crippen LogP contribution in [0.1, 0.15) is 44.3 Å². The van der Waals surface area contributed by atoms with E-state index in [1.165, 1.54) is 31.6 Å². The summed E-state index contributed by atoms with van der Waals surface area (Å²) in [4.78, 5) is 2.51. The molecule has 96 valence electrons. The molecule has 2 heterocycles. The first-order valence-corrected chi connectivity index (χ1v) is 6.72. The van der Waals surface area contributed by atoms with E-state index >= 15 is 0 Å². The molecule has 1 atom stereocenters. The molecule has 17 heavy (non-hydrogen) atoms. The Balaban J connectivity index is 2.05. The van der Waals surface area contributed by atoms with Crippen LogP contribution in [0.4, 0.5) is 0 Å². The fourth-order valence-electron chi connectivity index (χ4n) is 2.62. The van der Waals surface area contributed by atoms with Gasteiger partial charge in [0.1, 0.15) is 0 Å². The Bertz CT molecular complexity index is 339. The fraction of sp³-hybridized carbons (Fsp3) is 0.769. The van der Waals surface area contributed by atoms with Crippen molar-refractivity contribution < 1.29 is 0 Å². The zero-order chi connectivity index (χ0) is 12.3. The maximum absolute atomic E-state index is 5.76. The van der Waals surface area contributed by atoms with Crippen LogP contribution < -0.4 is 5.73 Å². The number of piperidine rings is 1. The van der Waals surface area contributed by atoms with Gasteiger partial charge in [0.05, 0.1) is 6.04 Å². The minimum absolute atomic E-state index is 0.404. The molecule has 0 aliphatic carbocycles. The van der Waals surface area contributed by atoms with E-state index in [-0.39, 0.29) is 0 Å². The number of hydrogen-bond acceptors (Lipinski definition) is 3. The summed E-state index contributed by atoms with van der Waals surface area (Å²) >= 11 is 0. The molecule has 0 amide bonds. The molecule has 0 saturated carbocycles. The molecule has 1 saturated heterocycles. The first kappa shape index (κ1) is 12.6. The van der Waals surface area contributed by atoms with Crippen LogP contribution in [0.3, 0.4) is 0 Å². The standard InChI is InChI=1S/C13H24N4/c1-3-16-8-5-12(6-9-16)17-13(4-7-15-17)11(2)10-14/h4,7,11-12H,3,5-6,8-10,14H2,1-2H3. The highest BCUT2D eigenvalue weighted by molar-refractivity contribution is 5.08. The molecule has 4 nitrogen and oxygen atoms in total. The van der Waals surface area contributed by atoms with E-state index in [0.717, 1.165) is 6.54 Å². The van der Waals surface area contributed by atoms with Gasteiger partial charge in [-0.15, -0.1) is 0 Å². The Morgan fingerprint density at radius 3 is 2.76 bits per heavy atom. The lowest BCUT2D eigenvalue weighted by Crippen LogP contribution is -2.35. The number of nitrogens with zero attached hydrogens (tertiary/aromatic N) is 3. The SMILES string of the molecule is CCN1CCC(n2nccc2C(C)CN)CC1. The average Bonchev–Trinajstić information content (AvgIpc) is 2.87. The molecule has 1 unspecified atom stereocenters. The van der Waals surface area contributed by atoms with Gasteiger partial charge in [-0.3, -0.25) is 4.68 Å². The van der Waals surface area contributed by atoms with E-state index in [0.29, 0.717) is 18.5 Å². The average molecular weight is 236 g/mol. The van der Waals surface area contributed by atoms with Crippen LogP contribution in [-0.2, 0) is 0 Å². The predicted octanol–water partition coefficient (Wildman–Crippen LogP) is 1.60. The van der Waals surface area contributed by atoms with Crippen molar-refractivity contribution in [1.29, 1.82) is 0 Å². The monoisotopic (exact) mass is 236 g/mol. The van der Waals surface area contributed by atoms with Crippen molar-refractivity contribution in [2.24, 2.45) is 5.73 Å². The lowest BCUT2D eigenvalue weighted by atomic mass is 10.0. The van der Waals surface area contributed by atoms with E-state index < -0.39 is 0 Å². The molecule has 2 rings (SSSR count). The van der Waals surface area contributed by atoms with Crippen molar-refractivity contribution in [3.8, 4) is 0 Å². The van der Waals surface area contributed by atoms with Gasteiger partial charge in [-0.1, -0.05) is 13.8 Å². The highest BCUT2D eigenvalue weighted by Gasteiger charge is 2.22. The molecule has 1 aromatic rings. The van der Waals surface area contributed by atoms with Gasteiger partial charge in [0.25, 0.3) is 0 Å². The van der Waals surface area contributed by atoms with Gasteiger partial charge in [-0.05, 0) is 25.5 Å². The highest BCUT2D eigenvalue weighted by atomic mass is 15.3. The van der Waals surface area contributed by atoms with Crippen LogP contribution in [-0.4, -0.2) is 40.9 Å². The molecule has 0 aromatic carbocycles. The number of nitrogens with two attached hydrogens (primary N) is 1. The predicted molar refractivity (Wildman–Crippen MR) is 70.1 cm³/mol. The van der Waals surface area contributed by atoms with Crippen LogP contribution in [0.15, 0.2) is 12.3 Å². The van der Waals surface area contributed by atoms with Crippen molar-refractivity contribution in [3.63, 3.8) is 0 Å². The third-order valence-corrected chi connectivity index (χ3v) is 3.91. The second-order valence-corrected chi connectivity index (χ2v) is 5.00. The third-order valence-electron chi connectivity index (χ3n) is 3.91. The summed E-state index contributed by atoms with van der Waals surface area (Å²) in [6.07, 6.45) is 4.33. The molecule has 0 radical (unpaired) electrons. The lowest BCUT2D eigenvalue weighted by Gasteiger charge is -2.32. The molecule has 1 aliphatic rings. The van der Waals surface area contributed by atoms with Gasteiger partial charge >= 0.3 is 0 Å². The lowest BCUT2D eigenvalue weighted by molar-refractivity contribution is 0.185. The first-order chi connectivity index (χ1) is 8.26. The molecule has 4 heteroatoms. The summed E-state index contributed by atoms with van der Waals surface area (Å²) in [5.41, 5.74) is 7.05. The molecule has 0 bridgehead atoms. The summed E-state index contributed by atoms with van der Waals surface area (Å²) in [5.74, 6) is 0.404. The zero-order valence-corrected chi connectivity index (χ0v) is 11.0. The van der Waals surface area contributed by atoms with Gasteiger partial charge in [0, 0.05) is 37.4 Å². The molecule has 2 N–H and O–H groups in total. The van der Waals surface area contributed by atoms with E-state index in [9.17, 15) is 0 Å². The van der Waals surface area contributed by atoms with Gasteiger partial charge in [-0.2, -0.15) is 5.10 Å².